The summed E-state index contributed by atoms with van der Waals surface area (Å²) in [5.74, 6) is 0. The van der Waals surface area contributed by atoms with Crippen LogP contribution in [-0.2, 0) is 17.1 Å². The van der Waals surface area contributed by atoms with Crippen LogP contribution >= 0.6 is 0 Å². The molecule has 0 amide bonds. The van der Waals surface area contributed by atoms with Crippen molar-refractivity contribution in [3.05, 3.63) is 0 Å². The number of ether oxygens (including phenoxy) is 1. The molecule has 5 atom stereocenters. The van der Waals surface area contributed by atoms with Gasteiger partial charge in [0.15, 0.2) is 16.6 Å². The van der Waals surface area contributed by atoms with Gasteiger partial charge in [0.1, 0.15) is 18.3 Å². The van der Waals surface area contributed by atoms with Crippen molar-refractivity contribution in [2.24, 2.45) is 0 Å². The quantitative estimate of drug-likeness (QED) is 0.274. The first-order chi connectivity index (χ1) is 12.9. The molecule has 0 aromatic carbocycles. The van der Waals surface area contributed by atoms with Crippen LogP contribution in [0, 0.1) is 0 Å². The van der Waals surface area contributed by atoms with Crippen molar-refractivity contribution in [1.82, 2.24) is 0 Å². The molecule has 0 aliphatic rings. The van der Waals surface area contributed by atoms with Gasteiger partial charge in [0.2, 0.25) is 0 Å². The fourth-order valence-corrected chi connectivity index (χ4v) is 21.3. The molecule has 5 unspecified atom stereocenters. The zero-order chi connectivity index (χ0) is 23.3. The lowest BCUT2D eigenvalue weighted by atomic mass is 10.1. The molecule has 12 heteroatoms. The average Bonchev–Trinajstić information content (AvgIpc) is 2.48. The summed E-state index contributed by atoms with van der Waals surface area (Å²) >= 11 is 0. The highest BCUT2D eigenvalue weighted by Gasteiger charge is 2.50. The molecule has 0 fully saturated rings. The third kappa shape index (κ3) is 11.7. The van der Waals surface area contributed by atoms with Gasteiger partial charge in [-0.2, -0.15) is 0 Å². The summed E-state index contributed by atoms with van der Waals surface area (Å²) in [6, 6.07) is 0. The van der Waals surface area contributed by atoms with Crippen LogP contribution < -0.4 is 0 Å². The van der Waals surface area contributed by atoms with Gasteiger partial charge in [0.05, 0.1) is 18.9 Å². The van der Waals surface area contributed by atoms with Crippen molar-refractivity contribution in [2.45, 2.75) is 96.3 Å². The fraction of sp³-hybridized carbons (Fsp3) is 1.00. The van der Waals surface area contributed by atoms with Crippen LogP contribution in [0.15, 0.2) is 0 Å². The van der Waals surface area contributed by atoms with Crippen molar-refractivity contribution < 1.29 is 37.5 Å². The monoisotopic (exact) mass is 488 g/mol. The Morgan fingerprint density at radius 3 is 1.59 bits per heavy atom. The lowest BCUT2D eigenvalue weighted by Gasteiger charge is -2.44. The lowest BCUT2D eigenvalue weighted by Crippen LogP contribution is -2.63. The van der Waals surface area contributed by atoms with E-state index in [0.717, 1.165) is 0 Å². The summed E-state index contributed by atoms with van der Waals surface area (Å²) in [4.78, 5) is 0. The maximum absolute atomic E-state index is 10.1. The van der Waals surface area contributed by atoms with Crippen LogP contribution in [-0.4, -0.2) is 91.4 Å². The number of aliphatic hydroxyl groups is 4. The molecule has 0 aliphatic heterocycles. The van der Waals surface area contributed by atoms with Crippen molar-refractivity contribution in [2.75, 3.05) is 13.2 Å². The molecule has 0 aromatic heterocycles. The van der Waals surface area contributed by atoms with Crippen molar-refractivity contribution in [3.63, 3.8) is 0 Å². The van der Waals surface area contributed by atoms with Crippen LogP contribution in [0.5, 0.6) is 0 Å². The van der Waals surface area contributed by atoms with Crippen LogP contribution in [0.25, 0.3) is 0 Å². The SMILES string of the molecule is CCC(OCC(O)C(O)C(O)CO)[Si](C)(O[Si](C)(C)C)O[Si](C)(C)O[Si](C)(C)C. The summed E-state index contributed by atoms with van der Waals surface area (Å²) < 4.78 is 25.5. The van der Waals surface area contributed by atoms with E-state index in [2.05, 4.69) is 39.3 Å². The number of aliphatic hydroxyl groups excluding tert-OH is 4. The first-order valence-corrected chi connectivity index (χ1v) is 22.3. The van der Waals surface area contributed by atoms with Gasteiger partial charge in [0.25, 0.3) is 0 Å². The largest absolute Gasteiger partial charge is 0.437 e. The van der Waals surface area contributed by atoms with Crippen LogP contribution in [0.4, 0.5) is 0 Å². The van der Waals surface area contributed by atoms with Gasteiger partial charge in [-0.05, 0) is 65.3 Å². The van der Waals surface area contributed by atoms with Crippen molar-refractivity contribution >= 4 is 33.8 Å². The first-order valence-electron chi connectivity index (χ1n) is 10.2. The van der Waals surface area contributed by atoms with Gasteiger partial charge >= 0.3 is 17.1 Å². The Hall–Kier alpha value is 0.548. The zero-order valence-corrected chi connectivity index (χ0v) is 23.9. The van der Waals surface area contributed by atoms with E-state index in [1.807, 2.05) is 26.6 Å². The number of rotatable bonds is 14. The molecule has 0 saturated heterocycles. The van der Waals surface area contributed by atoms with Gasteiger partial charge in [-0.3, -0.25) is 0 Å². The molecule has 0 aromatic rings. The Morgan fingerprint density at radius 1 is 0.724 bits per heavy atom. The van der Waals surface area contributed by atoms with Crippen molar-refractivity contribution in [1.29, 1.82) is 0 Å². The maximum Gasteiger partial charge on any atom is 0.345 e. The second-order valence-electron chi connectivity index (χ2n) is 9.98. The van der Waals surface area contributed by atoms with E-state index >= 15 is 0 Å². The first kappa shape index (κ1) is 29.5. The fourth-order valence-electron chi connectivity index (χ4n) is 3.32. The normalized spacial score (nSPS) is 20.1. The Balaban J connectivity index is 5.52. The molecule has 0 heterocycles. The Bertz CT molecular complexity index is 483. The van der Waals surface area contributed by atoms with Crippen LogP contribution in [0.1, 0.15) is 13.3 Å². The van der Waals surface area contributed by atoms with Gasteiger partial charge < -0.3 is 37.5 Å². The van der Waals surface area contributed by atoms with E-state index in [4.69, 9.17) is 22.2 Å². The van der Waals surface area contributed by atoms with Gasteiger partial charge in [-0.25, -0.2) is 0 Å². The van der Waals surface area contributed by atoms with E-state index in [1.54, 1.807) is 0 Å². The Kier molecular flexibility index (Phi) is 11.6. The standard InChI is InChI=1S/C17H44O8Si4/c1-11-16(22-13-15(20)17(21)14(19)12-18)29(10,24-27(5,6)7)25-28(8,9)23-26(2,3)4/h14-21H,11-13H2,1-10H3. The van der Waals surface area contributed by atoms with Gasteiger partial charge in [-0.1, -0.05) is 6.92 Å². The van der Waals surface area contributed by atoms with Gasteiger partial charge in [0, 0.05) is 0 Å². The van der Waals surface area contributed by atoms with E-state index in [1.165, 1.54) is 0 Å². The Labute approximate surface area is 180 Å². The topological polar surface area (TPSA) is 118 Å². The minimum atomic E-state index is -2.89. The highest BCUT2D eigenvalue weighted by molar-refractivity contribution is 6.89. The molecule has 176 valence electrons. The third-order valence-electron chi connectivity index (χ3n) is 3.91. The van der Waals surface area contributed by atoms with E-state index < -0.39 is 58.7 Å². The summed E-state index contributed by atoms with van der Waals surface area (Å²) in [5.41, 5.74) is -0.389. The molecule has 0 aliphatic carbocycles. The average molecular weight is 489 g/mol. The number of hydrogen-bond acceptors (Lipinski definition) is 8. The summed E-state index contributed by atoms with van der Waals surface area (Å²) in [6.07, 6.45) is -3.65. The lowest BCUT2D eigenvalue weighted by molar-refractivity contribution is -0.105. The second-order valence-corrected chi connectivity index (χ2v) is 26.4. The van der Waals surface area contributed by atoms with Crippen molar-refractivity contribution in [3.8, 4) is 0 Å². The number of hydrogen-bond donors (Lipinski definition) is 4. The maximum atomic E-state index is 10.1. The molecule has 0 rings (SSSR count). The summed E-state index contributed by atoms with van der Waals surface area (Å²) in [5, 5.41) is 38.5. The molecule has 29 heavy (non-hydrogen) atoms. The molecule has 8 nitrogen and oxygen atoms in total. The Morgan fingerprint density at radius 2 is 1.21 bits per heavy atom. The molecule has 4 N–H and O–H groups in total. The minimum Gasteiger partial charge on any atom is -0.437 e. The second kappa shape index (κ2) is 11.4. The highest BCUT2D eigenvalue weighted by atomic mass is 28.5. The molecule has 0 bridgehead atoms. The smallest absolute Gasteiger partial charge is 0.345 e. The van der Waals surface area contributed by atoms with Crippen LogP contribution in [0.3, 0.4) is 0 Å². The van der Waals surface area contributed by atoms with Crippen LogP contribution in [0.2, 0.25) is 58.9 Å². The van der Waals surface area contributed by atoms with Gasteiger partial charge in [-0.15, -0.1) is 0 Å². The third-order valence-corrected chi connectivity index (χ3v) is 17.7. The zero-order valence-electron chi connectivity index (χ0n) is 19.9. The molecule has 0 spiro atoms. The van der Waals surface area contributed by atoms with E-state index in [-0.39, 0.29) is 12.3 Å². The molecule has 0 saturated carbocycles. The van der Waals surface area contributed by atoms with E-state index in [0.29, 0.717) is 6.42 Å². The molecular weight excluding hydrogens is 445 g/mol. The summed E-state index contributed by atoms with van der Waals surface area (Å²) in [7, 11) is -9.19. The minimum absolute atomic E-state index is 0.200. The summed E-state index contributed by atoms with van der Waals surface area (Å²) in [6.45, 7) is 19.8. The predicted octanol–water partition coefficient (Wildman–Crippen LogP) is 1.89. The molecular formula is C17H44O8Si4. The van der Waals surface area contributed by atoms with E-state index in [9.17, 15) is 15.3 Å². The molecule has 0 radical (unpaired) electrons. The predicted molar refractivity (Wildman–Crippen MR) is 124 cm³/mol. The highest BCUT2D eigenvalue weighted by Crippen LogP contribution is 2.29.